The van der Waals surface area contributed by atoms with Crippen LogP contribution >= 0.6 is 11.6 Å². The van der Waals surface area contributed by atoms with Gasteiger partial charge in [-0.25, -0.2) is 0 Å². The third-order valence-electron chi connectivity index (χ3n) is 4.96. The fourth-order valence-corrected chi connectivity index (χ4v) is 3.43. The Kier molecular flexibility index (Phi) is 6.78. The smallest absolute Gasteiger partial charge is 0.119 e. The van der Waals surface area contributed by atoms with Crippen LogP contribution in [-0.4, -0.2) is 51.8 Å². The van der Waals surface area contributed by atoms with Crippen molar-refractivity contribution >= 4 is 17.3 Å². The van der Waals surface area contributed by atoms with Crippen LogP contribution in [-0.2, 0) is 13.0 Å². The van der Waals surface area contributed by atoms with Crippen LogP contribution in [0.5, 0.6) is 5.75 Å². The SMILES string of the molecule is COc1ccc(Cl)c(CCNCc2ccc(N3CCN(C)CC3)cc2)c1. The van der Waals surface area contributed by atoms with Gasteiger partial charge in [0.15, 0.2) is 0 Å². The molecule has 0 aliphatic carbocycles. The van der Waals surface area contributed by atoms with E-state index in [1.807, 2.05) is 18.2 Å². The summed E-state index contributed by atoms with van der Waals surface area (Å²) in [5.74, 6) is 0.851. The number of hydrogen-bond donors (Lipinski definition) is 1. The summed E-state index contributed by atoms with van der Waals surface area (Å²) >= 11 is 6.26. The van der Waals surface area contributed by atoms with Gasteiger partial charge in [0.25, 0.3) is 0 Å². The first-order valence-electron chi connectivity index (χ1n) is 9.21. The fraction of sp³-hybridized carbons (Fsp3) is 0.429. The van der Waals surface area contributed by atoms with Gasteiger partial charge in [0.2, 0.25) is 0 Å². The maximum atomic E-state index is 6.26. The molecule has 26 heavy (non-hydrogen) atoms. The summed E-state index contributed by atoms with van der Waals surface area (Å²) in [7, 11) is 3.86. The van der Waals surface area contributed by atoms with Crippen LogP contribution in [0.3, 0.4) is 0 Å². The highest BCUT2D eigenvalue weighted by molar-refractivity contribution is 6.31. The molecule has 3 rings (SSSR count). The molecule has 0 spiro atoms. The summed E-state index contributed by atoms with van der Waals surface area (Å²) < 4.78 is 5.27. The third kappa shape index (κ3) is 5.13. The molecule has 1 aliphatic heterocycles. The van der Waals surface area contributed by atoms with Crippen molar-refractivity contribution in [2.45, 2.75) is 13.0 Å². The highest BCUT2D eigenvalue weighted by atomic mass is 35.5. The Morgan fingerprint density at radius 2 is 1.77 bits per heavy atom. The summed E-state index contributed by atoms with van der Waals surface area (Å²) in [5, 5.41) is 4.30. The average Bonchev–Trinajstić information content (AvgIpc) is 2.68. The predicted octanol–water partition coefficient (Wildman–Crippen LogP) is 3.43. The number of hydrogen-bond acceptors (Lipinski definition) is 4. The van der Waals surface area contributed by atoms with Crippen LogP contribution in [0.15, 0.2) is 42.5 Å². The third-order valence-corrected chi connectivity index (χ3v) is 5.33. The summed E-state index contributed by atoms with van der Waals surface area (Å²) in [6.07, 6.45) is 0.884. The van der Waals surface area contributed by atoms with Gasteiger partial charge in [-0.1, -0.05) is 23.7 Å². The van der Waals surface area contributed by atoms with Crippen molar-refractivity contribution in [3.63, 3.8) is 0 Å². The molecule has 0 unspecified atom stereocenters. The number of rotatable bonds is 7. The lowest BCUT2D eigenvalue weighted by atomic mass is 10.1. The van der Waals surface area contributed by atoms with Gasteiger partial charge in [0, 0.05) is 43.4 Å². The molecular formula is C21H28ClN3O. The van der Waals surface area contributed by atoms with Crippen LogP contribution in [0.2, 0.25) is 5.02 Å². The molecule has 0 amide bonds. The molecule has 1 fully saturated rings. The molecule has 1 saturated heterocycles. The Labute approximate surface area is 161 Å². The van der Waals surface area contributed by atoms with Gasteiger partial charge in [-0.3, -0.25) is 0 Å². The molecule has 0 saturated carbocycles. The molecule has 0 radical (unpaired) electrons. The van der Waals surface area contributed by atoms with Gasteiger partial charge in [-0.15, -0.1) is 0 Å². The van der Waals surface area contributed by atoms with Gasteiger partial charge in [-0.05, 0) is 61.5 Å². The molecule has 2 aromatic rings. The predicted molar refractivity (Wildman–Crippen MR) is 110 cm³/mol. The van der Waals surface area contributed by atoms with E-state index in [0.29, 0.717) is 0 Å². The lowest BCUT2D eigenvalue weighted by molar-refractivity contribution is 0.313. The number of halogens is 1. The first-order chi connectivity index (χ1) is 12.7. The van der Waals surface area contributed by atoms with Crippen molar-refractivity contribution in [3.8, 4) is 5.75 Å². The van der Waals surface area contributed by atoms with E-state index >= 15 is 0 Å². The highest BCUT2D eigenvalue weighted by Crippen LogP contribution is 2.22. The van der Waals surface area contributed by atoms with Crippen molar-refractivity contribution < 1.29 is 4.74 Å². The van der Waals surface area contributed by atoms with Crippen molar-refractivity contribution in [2.75, 3.05) is 51.8 Å². The van der Waals surface area contributed by atoms with Crippen LogP contribution < -0.4 is 15.0 Å². The van der Waals surface area contributed by atoms with Crippen molar-refractivity contribution in [1.82, 2.24) is 10.2 Å². The molecule has 0 atom stereocenters. The number of ether oxygens (including phenoxy) is 1. The summed E-state index contributed by atoms with van der Waals surface area (Å²) in [4.78, 5) is 4.84. The van der Waals surface area contributed by atoms with Crippen LogP contribution in [0.1, 0.15) is 11.1 Å². The van der Waals surface area contributed by atoms with Crippen molar-refractivity contribution in [2.24, 2.45) is 0 Å². The second-order valence-electron chi connectivity index (χ2n) is 6.84. The number of likely N-dealkylation sites (N-methyl/N-ethyl adjacent to an activating group) is 1. The standard InChI is InChI=1S/C21H28ClN3O/c1-24-11-13-25(14-12-24)19-5-3-17(4-6-19)16-23-10-9-18-15-20(26-2)7-8-21(18)22/h3-8,15,23H,9-14,16H2,1-2H3. The Bertz CT molecular complexity index is 697. The van der Waals surface area contributed by atoms with Gasteiger partial charge < -0.3 is 19.9 Å². The summed E-state index contributed by atoms with van der Waals surface area (Å²) in [5.41, 5.74) is 3.74. The first kappa shape index (κ1) is 19.0. The monoisotopic (exact) mass is 373 g/mol. The fourth-order valence-electron chi connectivity index (χ4n) is 3.21. The molecule has 0 bridgehead atoms. The zero-order chi connectivity index (χ0) is 18.4. The van der Waals surface area contributed by atoms with Crippen LogP contribution in [0, 0.1) is 0 Å². The zero-order valence-electron chi connectivity index (χ0n) is 15.7. The van der Waals surface area contributed by atoms with Crippen molar-refractivity contribution in [1.29, 1.82) is 0 Å². The molecule has 0 aromatic heterocycles. The van der Waals surface area contributed by atoms with Gasteiger partial charge in [-0.2, -0.15) is 0 Å². The second-order valence-corrected chi connectivity index (χ2v) is 7.25. The summed E-state index contributed by atoms with van der Waals surface area (Å²) in [6, 6.07) is 14.7. The highest BCUT2D eigenvalue weighted by Gasteiger charge is 2.13. The van der Waals surface area contributed by atoms with E-state index in [1.54, 1.807) is 7.11 Å². The van der Waals surface area contributed by atoms with Crippen LogP contribution in [0.25, 0.3) is 0 Å². The van der Waals surface area contributed by atoms with Crippen LogP contribution in [0.4, 0.5) is 5.69 Å². The first-order valence-corrected chi connectivity index (χ1v) is 9.59. The Balaban J connectivity index is 1.45. The Morgan fingerprint density at radius 3 is 2.46 bits per heavy atom. The lowest BCUT2D eigenvalue weighted by Gasteiger charge is -2.34. The number of nitrogens with one attached hydrogen (secondary N) is 1. The van der Waals surface area contributed by atoms with E-state index in [0.717, 1.165) is 62.0 Å². The molecule has 1 N–H and O–H groups in total. The second kappa shape index (κ2) is 9.26. The maximum absolute atomic E-state index is 6.26. The van der Waals surface area contributed by atoms with Crippen molar-refractivity contribution in [3.05, 3.63) is 58.6 Å². The maximum Gasteiger partial charge on any atom is 0.119 e. The number of benzene rings is 2. The minimum Gasteiger partial charge on any atom is -0.497 e. The topological polar surface area (TPSA) is 27.7 Å². The van der Waals surface area contributed by atoms with E-state index in [-0.39, 0.29) is 0 Å². The number of nitrogens with zero attached hydrogens (tertiary/aromatic N) is 2. The molecule has 140 valence electrons. The average molecular weight is 374 g/mol. The largest absolute Gasteiger partial charge is 0.497 e. The van der Waals surface area contributed by atoms with E-state index in [2.05, 4.69) is 46.4 Å². The Hall–Kier alpha value is -1.75. The quantitative estimate of drug-likeness (QED) is 0.752. The normalized spacial score (nSPS) is 15.3. The molecule has 1 aliphatic rings. The number of piperazine rings is 1. The molecular weight excluding hydrogens is 346 g/mol. The Morgan fingerprint density at radius 1 is 1.04 bits per heavy atom. The van der Waals surface area contributed by atoms with E-state index in [1.165, 1.54) is 11.3 Å². The zero-order valence-corrected chi connectivity index (χ0v) is 16.4. The van der Waals surface area contributed by atoms with E-state index in [9.17, 15) is 0 Å². The minimum absolute atomic E-state index is 0.795. The molecule has 2 aromatic carbocycles. The van der Waals surface area contributed by atoms with Gasteiger partial charge in [0.1, 0.15) is 5.75 Å². The van der Waals surface area contributed by atoms with Gasteiger partial charge >= 0.3 is 0 Å². The molecule has 4 nitrogen and oxygen atoms in total. The number of anilines is 1. The van der Waals surface area contributed by atoms with Gasteiger partial charge in [0.05, 0.1) is 7.11 Å². The molecule has 5 heteroatoms. The lowest BCUT2D eigenvalue weighted by Crippen LogP contribution is -2.44. The number of methoxy groups -OCH3 is 1. The van der Waals surface area contributed by atoms with E-state index in [4.69, 9.17) is 16.3 Å². The minimum atomic E-state index is 0.795. The summed E-state index contributed by atoms with van der Waals surface area (Å²) in [6.45, 7) is 6.23. The molecule has 1 heterocycles. The van der Waals surface area contributed by atoms with E-state index < -0.39 is 0 Å².